The van der Waals surface area contributed by atoms with Gasteiger partial charge in [0, 0.05) is 18.2 Å². The first-order valence-corrected chi connectivity index (χ1v) is 16.5. The molecule has 8 heteroatoms. The average Bonchev–Trinajstić information content (AvgIpc) is 2.96. The normalized spacial score (nSPS) is 13.4. The maximum absolute atomic E-state index is 15.1. The quantitative estimate of drug-likeness (QED) is 0.185. The molecule has 0 heterocycles. The van der Waals surface area contributed by atoms with Crippen molar-refractivity contribution in [3.63, 3.8) is 0 Å². The minimum Gasteiger partial charge on any atom is -0.508 e. The lowest BCUT2D eigenvalue weighted by Gasteiger charge is -2.40. The van der Waals surface area contributed by atoms with Crippen molar-refractivity contribution in [2.45, 2.75) is 112 Å². The average molecular weight is 644 g/mol. The van der Waals surface area contributed by atoms with Crippen LogP contribution in [0.1, 0.15) is 93.8 Å². The van der Waals surface area contributed by atoms with Crippen molar-refractivity contribution in [3.8, 4) is 5.75 Å². The fraction of sp³-hybridized carbons (Fsp3) is 0.462. The Kier molecular flexibility index (Phi) is 12.6. The predicted molar refractivity (Wildman–Crippen MR) is 189 cm³/mol. The summed E-state index contributed by atoms with van der Waals surface area (Å²) in [6, 6.07) is 15.8. The molecule has 0 spiro atoms. The van der Waals surface area contributed by atoms with Crippen LogP contribution in [0.15, 0.2) is 60.7 Å². The van der Waals surface area contributed by atoms with Gasteiger partial charge in [0.15, 0.2) is 0 Å². The van der Waals surface area contributed by atoms with Gasteiger partial charge in [0.1, 0.15) is 23.4 Å². The molecular formula is C39H53N3O5. The van der Waals surface area contributed by atoms with Crippen LogP contribution in [0.2, 0.25) is 0 Å². The molecule has 3 rings (SSSR count). The highest BCUT2D eigenvalue weighted by atomic mass is 16.6. The van der Waals surface area contributed by atoms with Crippen LogP contribution < -0.4 is 10.6 Å². The Balaban J connectivity index is 2.22. The van der Waals surface area contributed by atoms with E-state index in [-0.39, 0.29) is 24.1 Å². The number of ether oxygens (including phenoxy) is 1. The molecule has 3 N–H and O–H groups in total. The van der Waals surface area contributed by atoms with E-state index in [1.165, 1.54) is 0 Å². The van der Waals surface area contributed by atoms with Crippen molar-refractivity contribution < 1.29 is 24.2 Å². The van der Waals surface area contributed by atoms with Crippen LogP contribution in [0.4, 0.5) is 10.5 Å². The summed E-state index contributed by atoms with van der Waals surface area (Å²) in [5.41, 5.74) is 5.02. The molecule has 3 aromatic rings. The van der Waals surface area contributed by atoms with Gasteiger partial charge in [-0.05, 0) is 120 Å². The summed E-state index contributed by atoms with van der Waals surface area (Å²) in [5, 5.41) is 15.9. The SMILES string of the molecule is Cc1cccc(C)c1NC(=O)C(c1c(C)cccc1C)N(C(=O)C(Cc1ccc(O)cc1)NC(=O)OC(C)(C)C)C(C)CCC(C)C. The highest BCUT2D eigenvalue weighted by Crippen LogP contribution is 2.34. The summed E-state index contributed by atoms with van der Waals surface area (Å²) in [5.74, 6) is -0.252. The molecule has 3 atom stereocenters. The van der Waals surface area contributed by atoms with Gasteiger partial charge in [-0.3, -0.25) is 9.59 Å². The lowest BCUT2D eigenvalue weighted by Crippen LogP contribution is -2.56. The van der Waals surface area contributed by atoms with Gasteiger partial charge < -0.3 is 25.4 Å². The number of phenolic OH excluding ortho intramolecular Hbond substituents is 1. The van der Waals surface area contributed by atoms with Gasteiger partial charge in [0.2, 0.25) is 5.91 Å². The summed E-state index contributed by atoms with van der Waals surface area (Å²) < 4.78 is 5.59. The summed E-state index contributed by atoms with van der Waals surface area (Å²) in [6.07, 6.45) is 0.891. The highest BCUT2D eigenvalue weighted by Gasteiger charge is 2.40. The van der Waals surface area contributed by atoms with Crippen molar-refractivity contribution in [1.29, 1.82) is 0 Å². The molecule has 0 bridgehead atoms. The van der Waals surface area contributed by atoms with Gasteiger partial charge >= 0.3 is 6.09 Å². The number of para-hydroxylation sites is 1. The molecule has 3 amide bonds. The second-order valence-electron chi connectivity index (χ2n) is 14.1. The largest absolute Gasteiger partial charge is 0.508 e. The fourth-order valence-electron chi connectivity index (χ4n) is 5.87. The summed E-state index contributed by atoms with van der Waals surface area (Å²) in [7, 11) is 0. The topological polar surface area (TPSA) is 108 Å². The Bertz CT molecular complexity index is 1500. The van der Waals surface area contributed by atoms with Crippen molar-refractivity contribution in [2.24, 2.45) is 5.92 Å². The number of phenols is 1. The van der Waals surface area contributed by atoms with E-state index in [1.807, 2.05) is 71.0 Å². The number of carbonyl (C=O) groups excluding carboxylic acids is 3. The zero-order valence-corrected chi connectivity index (χ0v) is 29.7. The third-order valence-corrected chi connectivity index (χ3v) is 8.33. The molecule has 0 aliphatic heterocycles. The van der Waals surface area contributed by atoms with E-state index in [0.29, 0.717) is 18.0 Å². The van der Waals surface area contributed by atoms with Gasteiger partial charge in [-0.15, -0.1) is 0 Å². The number of hydrogen-bond acceptors (Lipinski definition) is 5. The van der Waals surface area contributed by atoms with Crippen LogP contribution in [0.25, 0.3) is 0 Å². The zero-order valence-electron chi connectivity index (χ0n) is 29.7. The second kappa shape index (κ2) is 16.0. The highest BCUT2D eigenvalue weighted by molar-refractivity contribution is 6.00. The second-order valence-corrected chi connectivity index (χ2v) is 14.1. The monoisotopic (exact) mass is 643 g/mol. The van der Waals surface area contributed by atoms with E-state index in [1.54, 1.807) is 49.9 Å². The number of carbonyl (C=O) groups is 3. The molecule has 0 aliphatic rings. The fourth-order valence-corrected chi connectivity index (χ4v) is 5.87. The number of alkyl carbamates (subject to hydrolysis) is 1. The van der Waals surface area contributed by atoms with Gasteiger partial charge in [-0.2, -0.15) is 0 Å². The Morgan fingerprint density at radius 3 is 1.85 bits per heavy atom. The summed E-state index contributed by atoms with van der Waals surface area (Å²) in [4.78, 5) is 44.6. The van der Waals surface area contributed by atoms with Gasteiger partial charge in [0.05, 0.1) is 0 Å². The maximum atomic E-state index is 15.1. The predicted octanol–water partition coefficient (Wildman–Crippen LogP) is 8.09. The molecule has 47 heavy (non-hydrogen) atoms. The first kappa shape index (κ1) is 37.1. The number of hydrogen-bond donors (Lipinski definition) is 3. The third-order valence-electron chi connectivity index (χ3n) is 8.33. The Labute approximate surface area is 280 Å². The van der Waals surface area contributed by atoms with Crippen molar-refractivity contribution >= 4 is 23.6 Å². The van der Waals surface area contributed by atoms with Crippen LogP contribution in [0.5, 0.6) is 5.75 Å². The van der Waals surface area contributed by atoms with E-state index in [0.717, 1.165) is 39.8 Å². The molecule has 0 saturated carbocycles. The van der Waals surface area contributed by atoms with E-state index in [9.17, 15) is 14.7 Å². The number of anilines is 1. The van der Waals surface area contributed by atoms with Crippen LogP contribution >= 0.6 is 0 Å². The molecular weight excluding hydrogens is 590 g/mol. The Morgan fingerprint density at radius 2 is 1.34 bits per heavy atom. The lowest BCUT2D eigenvalue weighted by molar-refractivity contribution is -0.143. The first-order chi connectivity index (χ1) is 22.0. The smallest absolute Gasteiger partial charge is 0.408 e. The van der Waals surface area contributed by atoms with Gasteiger partial charge in [-0.1, -0.05) is 62.4 Å². The van der Waals surface area contributed by atoms with Gasteiger partial charge in [0.25, 0.3) is 5.91 Å². The molecule has 0 radical (unpaired) electrons. The van der Waals surface area contributed by atoms with E-state index in [4.69, 9.17) is 4.74 Å². The van der Waals surface area contributed by atoms with E-state index >= 15 is 4.79 Å². The van der Waals surface area contributed by atoms with Crippen LogP contribution in [0, 0.1) is 33.6 Å². The summed E-state index contributed by atoms with van der Waals surface area (Å²) in [6.45, 7) is 19.3. The minimum absolute atomic E-state index is 0.0962. The molecule has 0 saturated heterocycles. The lowest BCUT2D eigenvalue weighted by atomic mass is 9.91. The van der Waals surface area contributed by atoms with Crippen LogP contribution in [-0.2, 0) is 20.7 Å². The number of nitrogens with one attached hydrogen (secondary N) is 2. The Hall–Kier alpha value is -4.33. The molecule has 0 aliphatic carbocycles. The molecule has 3 unspecified atom stereocenters. The number of aryl methyl sites for hydroxylation is 4. The number of benzene rings is 3. The molecule has 254 valence electrons. The van der Waals surface area contributed by atoms with Crippen LogP contribution in [-0.4, -0.2) is 45.6 Å². The molecule has 8 nitrogen and oxygen atoms in total. The summed E-state index contributed by atoms with van der Waals surface area (Å²) >= 11 is 0. The number of nitrogens with zero attached hydrogens (tertiary/aromatic N) is 1. The Morgan fingerprint density at radius 1 is 0.809 bits per heavy atom. The van der Waals surface area contributed by atoms with E-state index in [2.05, 4.69) is 24.5 Å². The molecule has 3 aromatic carbocycles. The minimum atomic E-state index is -1.06. The number of rotatable bonds is 12. The van der Waals surface area contributed by atoms with Gasteiger partial charge in [-0.25, -0.2) is 4.79 Å². The standard InChI is InChI=1S/C39H53N3O5/c1-24(2)17-18-29(7)42(37(45)32(40-38(46)47-39(8,9)10)23-30-19-21-31(43)22-20-30)35(33-25(3)13-11-14-26(33)4)36(44)41-34-27(5)15-12-16-28(34)6/h11-16,19-22,24,29,32,35,43H,17-18,23H2,1-10H3,(H,40,46)(H,41,44). The van der Waals surface area contributed by atoms with Crippen molar-refractivity contribution in [3.05, 3.63) is 94.0 Å². The first-order valence-electron chi connectivity index (χ1n) is 16.5. The maximum Gasteiger partial charge on any atom is 0.408 e. The third kappa shape index (κ3) is 10.3. The van der Waals surface area contributed by atoms with Crippen LogP contribution in [0.3, 0.4) is 0 Å². The van der Waals surface area contributed by atoms with Crippen molar-refractivity contribution in [2.75, 3.05) is 5.32 Å². The van der Waals surface area contributed by atoms with E-state index < -0.39 is 29.7 Å². The molecule has 0 aromatic heterocycles. The zero-order chi connectivity index (χ0) is 35.1. The number of aromatic hydroxyl groups is 1. The number of amides is 3. The van der Waals surface area contributed by atoms with Crippen molar-refractivity contribution in [1.82, 2.24) is 10.2 Å². The molecule has 0 fully saturated rings.